The van der Waals surface area contributed by atoms with Gasteiger partial charge in [-0.25, -0.2) is 0 Å². The van der Waals surface area contributed by atoms with Crippen LogP contribution in [0.2, 0.25) is 0 Å². The third kappa shape index (κ3) is 4.43. The lowest BCUT2D eigenvalue weighted by atomic mass is 10.1. The number of anilines is 2. The molecule has 0 aliphatic heterocycles. The molecule has 0 aliphatic rings. The smallest absolute Gasteiger partial charge is 0.274 e. The van der Waals surface area contributed by atoms with Gasteiger partial charge in [0.2, 0.25) is 0 Å². The molecule has 0 saturated heterocycles. The van der Waals surface area contributed by atoms with E-state index in [1.165, 1.54) is 17.8 Å². The van der Waals surface area contributed by atoms with Gasteiger partial charge in [0, 0.05) is 23.1 Å². The van der Waals surface area contributed by atoms with E-state index in [1.807, 2.05) is 56.3 Å². The van der Waals surface area contributed by atoms with Crippen molar-refractivity contribution in [2.75, 3.05) is 10.6 Å². The number of hydrogen-bond donors (Lipinski definition) is 2. The van der Waals surface area contributed by atoms with Crippen molar-refractivity contribution in [3.8, 4) is 0 Å². The van der Waals surface area contributed by atoms with Gasteiger partial charge in [-0.3, -0.25) is 14.6 Å². The van der Waals surface area contributed by atoms with Crippen LogP contribution < -0.4 is 10.6 Å². The van der Waals surface area contributed by atoms with E-state index in [-0.39, 0.29) is 17.5 Å². The van der Waals surface area contributed by atoms with Crippen molar-refractivity contribution >= 4 is 23.2 Å². The zero-order chi connectivity index (χ0) is 20.1. The molecule has 0 atom stereocenters. The summed E-state index contributed by atoms with van der Waals surface area (Å²) >= 11 is 0. The van der Waals surface area contributed by atoms with Crippen molar-refractivity contribution in [3.63, 3.8) is 0 Å². The average Bonchev–Trinajstić information content (AvgIpc) is 2.72. The molecule has 0 saturated carbocycles. The van der Waals surface area contributed by atoms with Crippen molar-refractivity contribution < 1.29 is 9.59 Å². The molecule has 0 spiro atoms. The second-order valence-electron chi connectivity index (χ2n) is 6.64. The molecule has 3 rings (SSSR count). The number of rotatable bonds is 5. The fraction of sp³-hybridized carbons (Fsp3) is 0.174. The number of aromatic nitrogens is 1. The number of carbonyl (C=O) groups is 2. The predicted molar refractivity (Wildman–Crippen MR) is 112 cm³/mol. The minimum Gasteiger partial charge on any atom is -0.322 e. The lowest BCUT2D eigenvalue weighted by Gasteiger charge is -2.11. The van der Waals surface area contributed by atoms with Crippen LogP contribution in [0.5, 0.6) is 0 Å². The Balaban J connectivity index is 1.74. The van der Waals surface area contributed by atoms with Crippen LogP contribution in [-0.2, 0) is 6.42 Å². The molecule has 1 heterocycles. The molecule has 5 nitrogen and oxygen atoms in total. The summed E-state index contributed by atoms with van der Waals surface area (Å²) in [5.41, 5.74) is 5.30. The third-order valence-electron chi connectivity index (χ3n) is 4.73. The zero-order valence-electron chi connectivity index (χ0n) is 16.2. The first-order chi connectivity index (χ1) is 13.5. The molecule has 142 valence electrons. The van der Waals surface area contributed by atoms with Crippen molar-refractivity contribution in [2.24, 2.45) is 0 Å². The summed E-state index contributed by atoms with van der Waals surface area (Å²) in [7, 11) is 0. The van der Waals surface area contributed by atoms with E-state index >= 15 is 0 Å². The van der Waals surface area contributed by atoms with Gasteiger partial charge >= 0.3 is 0 Å². The molecule has 2 N–H and O–H groups in total. The Morgan fingerprint density at radius 3 is 2.39 bits per heavy atom. The summed E-state index contributed by atoms with van der Waals surface area (Å²) in [6.07, 6.45) is 2.41. The Morgan fingerprint density at radius 2 is 1.68 bits per heavy atom. The maximum Gasteiger partial charge on any atom is 0.274 e. The van der Waals surface area contributed by atoms with Gasteiger partial charge in [-0.1, -0.05) is 31.2 Å². The molecule has 3 aromatic rings. The lowest BCUT2D eigenvalue weighted by Crippen LogP contribution is -2.17. The second kappa shape index (κ2) is 8.48. The molecule has 2 amide bonds. The second-order valence-corrected chi connectivity index (χ2v) is 6.64. The van der Waals surface area contributed by atoms with Gasteiger partial charge in [-0.15, -0.1) is 0 Å². The Hall–Kier alpha value is -3.47. The van der Waals surface area contributed by atoms with E-state index in [9.17, 15) is 9.59 Å². The van der Waals surface area contributed by atoms with Crippen molar-refractivity contribution in [2.45, 2.75) is 27.2 Å². The lowest BCUT2D eigenvalue weighted by molar-refractivity contribution is 0.102. The Labute approximate surface area is 164 Å². The van der Waals surface area contributed by atoms with Gasteiger partial charge in [0.1, 0.15) is 5.69 Å². The number of carbonyl (C=O) groups excluding carboxylic acids is 2. The quantitative estimate of drug-likeness (QED) is 0.677. The summed E-state index contributed by atoms with van der Waals surface area (Å²) in [5, 5.41) is 5.71. The van der Waals surface area contributed by atoms with Gasteiger partial charge < -0.3 is 10.6 Å². The van der Waals surface area contributed by atoms with E-state index in [4.69, 9.17) is 0 Å². The van der Waals surface area contributed by atoms with Crippen LogP contribution in [0.1, 0.15) is 44.5 Å². The highest BCUT2D eigenvalue weighted by atomic mass is 16.2. The number of hydrogen-bond acceptors (Lipinski definition) is 3. The summed E-state index contributed by atoms with van der Waals surface area (Å²) in [5.74, 6) is -0.636. The molecule has 0 bridgehead atoms. The third-order valence-corrected chi connectivity index (χ3v) is 4.73. The minimum absolute atomic E-state index is 0.190. The van der Waals surface area contributed by atoms with E-state index < -0.39 is 0 Å². The molecule has 5 heteroatoms. The standard InChI is InChI=1S/C23H23N3O2/c1-4-17-8-10-19(11-9-17)25-22(27)18-12-13-24-21(14-18)23(28)26-20-7-5-6-15(2)16(20)3/h5-14H,4H2,1-3H3,(H,25,27)(H,26,28). The van der Waals surface area contributed by atoms with Crippen LogP contribution in [0.25, 0.3) is 0 Å². The van der Waals surface area contributed by atoms with Crippen molar-refractivity contribution in [1.29, 1.82) is 0 Å². The average molecular weight is 373 g/mol. The molecule has 1 aromatic heterocycles. The molecule has 2 aromatic carbocycles. The molecule has 0 unspecified atom stereocenters. The first-order valence-electron chi connectivity index (χ1n) is 9.22. The predicted octanol–water partition coefficient (Wildman–Crippen LogP) is 4.77. The van der Waals surface area contributed by atoms with Crippen LogP contribution in [0.15, 0.2) is 60.8 Å². The molecular formula is C23H23N3O2. The topological polar surface area (TPSA) is 71.1 Å². The summed E-state index contributed by atoms with van der Waals surface area (Å²) in [6.45, 7) is 6.02. The molecule has 0 fully saturated rings. The molecular weight excluding hydrogens is 350 g/mol. The van der Waals surface area contributed by atoms with Gasteiger partial charge in [-0.2, -0.15) is 0 Å². The van der Waals surface area contributed by atoms with Crippen LogP contribution >= 0.6 is 0 Å². The number of benzene rings is 2. The van der Waals surface area contributed by atoms with Gasteiger partial charge in [0.05, 0.1) is 0 Å². The van der Waals surface area contributed by atoms with E-state index in [1.54, 1.807) is 6.07 Å². The van der Waals surface area contributed by atoms with E-state index in [0.29, 0.717) is 11.3 Å². The number of amides is 2. The van der Waals surface area contributed by atoms with Crippen LogP contribution in [0.3, 0.4) is 0 Å². The Kier molecular flexibility index (Phi) is 5.84. The van der Waals surface area contributed by atoms with Crippen LogP contribution in [-0.4, -0.2) is 16.8 Å². The van der Waals surface area contributed by atoms with Crippen molar-refractivity contribution in [3.05, 3.63) is 88.7 Å². The summed E-state index contributed by atoms with van der Waals surface area (Å²) < 4.78 is 0. The van der Waals surface area contributed by atoms with Crippen molar-refractivity contribution in [1.82, 2.24) is 4.98 Å². The molecule has 0 radical (unpaired) electrons. The number of nitrogens with zero attached hydrogens (tertiary/aromatic N) is 1. The first-order valence-corrected chi connectivity index (χ1v) is 9.22. The summed E-state index contributed by atoms with van der Waals surface area (Å²) in [4.78, 5) is 29.2. The largest absolute Gasteiger partial charge is 0.322 e. The molecule has 0 aliphatic carbocycles. The zero-order valence-corrected chi connectivity index (χ0v) is 16.2. The van der Waals surface area contributed by atoms with Gasteiger partial charge in [0.25, 0.3) is 11.8 Å². The fourth-order valence-electron chi connectivity index (χ4n) is 2.80. The highest BCUT2D eigenvalue weighted by Gasteiger charge is 2.13. The fourth-order valence-corrected chi connectivity index (χ4v) is 2.80. The monoisotopic (exact) mass is 373 g/mol. The SMILES string of the molecule is CCc1ccc(NC(=O)c2ccnc(C(=O)Nc3cccc(C)c3C)c2)cc1. The van der Waals surface area contributed by atoms with Crippen LogP contribution in [0.4, 0.5) is 11.4 Å². The maximum absolute atomic E-state index is 12.6. The summed E-state index contributed by atoms with van der Waals surface area (Å²) in [6, 6.07) is 16.5. The van der Waals surface area contributed by atoms with Gasteiger partial charge in [0.15, 0.2) is 0 Å². The molecule has 28 heavy (non-hydrogen) atoms. The number of nitrogens with one attached hydrogen (secondary N) is 2. The maximum atomic E-state index is 12.6. The highest BCUT2D eigenvalue weighted by Crippen LogP contribution is 2.19. The highest BCUT2D eigenvalue weighted by molar-refractivity contribution is 6.08. The number of pyridine rings is 1. The van der Waals surface area contributed by atoms with Gasteiger partial charge in [-0.05, 0) is 67.3 Å². The minimum atomic E-state index is -0.351. The first kappa shape index (κ1) is 19.3. The Morgan fingerprint density at radius 1 is 0.929 bits per heavy atom. The normalized spacial score (nSPS) is 10.4. The number of aryl methyl sites for hydroxylation is 2. The van der Waals surface area contributed by atoms with E-state index in [0.717, 1.165) is 23.2 Å². The van der Waals surface area contributed by atoms with Crippen LogP contribution in [0, 0.1) is 13.8 Å². The van der Waals surface area contributed by atoms with E-state index in [2.05, 4.69) is 22.5 Å². The Bertz CT molecular complexity index is 1010.